The fourth-order valence-electron chi connectivity index (χ4n) is 2.00. The van der Waals surface area contributed by atoms with E-state index in [-0.39, 0.29) is 0 Å². The standard InChI is InChI=1S/C14H10N4S3/c1-18-12(11-7-4-8-19-11)16-17-13(18)21-14-15-9-5-2-3-6-10(9)20-14/h2-8H,1H3. The lowest BCUT2D eigenvalue weighted by atomic mass is 10.3. The largest absolute Gasteiger partial charge is 0.304 e. The number of thiazole rings is 1. The van der Waals surface area contributed by atoms with E-state index in [1.54, 1.807) is 34.4 Å². The fourth-order valence-corrected chi connectivity index (χ4v) is 4.70. The molecule has 0 fully saturated rings. The number of fused-ring (bicyclic) bond motifs is 1. The van der Waals surface area contributed by atoms with Gasteiger partial charge in [0.1, 0.15) is 0 Å². The lowest BCUT2D eigenvalue weighted by molar-refractivity contribution is 0.794. The summed E-state index contributed by atoms with van der Waals surface area (Å²) in [5.41, 5.74) is 1.03. The van der Waals surface area contributed by atoms with E-state index < -0.39 is 0 Å². The highest BCUT2D eigenvalue weighted by Crippen LogP contribution is 2.34. The molecular weight excluding hydrogens is 320 g/mol. The summed E-state index contributed by atoms with van der Waals surface area (Å²) in [7, 11) is 1.99. The normalized spacial score (nSPS) is 11.3. The molecule has 4 nitrogen and oxygen atoms in total. The van der Waals surface area contributed by atoms with Crippen LogP contribution in [0.3, 0.4) is 0 Å². The molecule has 0 unspecified atom stereocenters. The van der Waals surface area contributed by atoms with Gasteiger partial charge in [-0.25, -0.2) is 4.98 Å². The first-order chi connectivity index (χ1) is 10.3. The van der Waals surface area contributed by atoms with Crippen molar-refractivity contribution in [1.29, 1.82) is 0 Å². The number of para-hydroxylation sites is 1. The molecule has 0 aliphatic rings. The van der Waals surface area contributed by atoms with Gasteiger partial charge in [-0.05, 0) is 35.3 Å². The summed E-state index contributed by atoms with van der Waals surface area (Å²) >= 11 is 4.91. The number of nitrogens with zero attached hydrogens (tertiary/aromatic N) is 4. The summed E-state index contributed by atoms with van der Waals surface area (Å²) in [5, 5.41) is 11.5. The predicted octanol–water partition coefficient (Wildman–Crippen LogP) is 4.30. The number of thiophene rings is 1. The molecule has 0 saturated heterocycles. The molecule has 1 aromatic carbocycles. The van der Waals surface area contributed by atoms with Crippen LogP contribution in [0.25, 0.3) is 20.9 Å². The van der Waals surface area contributed by atoms with Crippen LogP contribution >= 0.6 is 34.4 Å². The molecule has 4 aromatic rings. The van der Waals surface area contributed by atoms with Crippen LogP contribution in [0.1, 0.15) is 0 Å². The third kappa shape index (κ3) is 2.37. The first kappa shape index (κ1) is 13.0. The van der Waals surface area contributed by atoms with Crippen molar-refractivity contribution in [3.8, 4) is 10.7 Å². The van der Waals surface area contributed by atoms with Gasteiger partial charge in [-0.15, -0.1) is 32.9 Å². The van der Waals surface area contributed by atoms with Crippen molar-refractivity contribution in [3.63, 3.8) is 0 Å². The second kappa shape index (κ2) is 5.25. The molecule has 4 rings (SSSR count). The number of aromatic nitrogens is 4. The molecule has 0 saturated carbocycles. The zero-order valence-corrected chi connectivity index (χ0v) is 13.5. The first-order valence-corrected chi connectivity index (χ1v) is 8.79. The van der Waals surface area contributed by atoms with Crippen molar-refractivity contribution in [2.75, 3.05) is 0 Å². The van der Waals surface area contributed by atoms with Crippen molar-refractivity contribution >= 4 is 44.7 Å². The van der Waals surface area contributed by atoms with Gasteiger partial charge in [0.15, 0.2) is 15.3 Å². The third-order valence-corrected chi connectivity index (χ3v) is 6.03. The van der Waals surface area contributed by atoms with Crippen LogP contribution in [0.15, 0.2) is 51.3 Å². The number of hydrogen-bond donors (Lipinski definition) is 0. The van der Waals surface area contributed by atoms with E-state index in [0.29, 0.717) is 0 Å². The van der Waals surface area contributed by atoms with Gasteiger partial charge < -0.3 is 4.57 Å². The Hall–Kier alpha value is -1.70. The maximum Gasteiger partial charge on any atom is 0.198 e. The van der Waals surface area contributed by atoms with Crippen LogP contribution in [-0.2, 0) is 7.05 Å². The lowest BCUT2D eigenvalue weighted by Crippen LogP contribution is -1.92. The van der Waals surface area contributed by atoms with Crippen LogP contribution in [0.5, 0.6) is 0 Å². The molecular formula is C14H10N4S3. The zero-order chi connectivity index (χ0) is 14.2. The number of rotatable bonds is 3. The monoisotopic (exact) mass is 330 g/mol. The predicted molar refractivity (Wildman–Crippen MR) is 88.1 cm³/mol. The van der Waals surface area contributed by atoms with Crippen LogP contribution < -0.4 is 0 Å². The van der Waals surface area contributed by atoms with E-state index in [9.17, 15) is 0 Å². The van der Waals surface area contributed by atoms with Crippen LogP contribution in [0.2, 0.25) is 0 Å². The minimum Gasteiger partial charge on any atom is -0.304 e. The molecule has 0 aliphatic carbocycles. The Morgan fingerprint density at radius 3 is 2.81 bits per heavy atom. The SMILES string of the molecule is Cn1c(Sc2nc3ccccc3s2)nnc1-c1cccs1. The number of benzene rings is 1. The molecule has 0 N–H and O–H groups in total. The molecule has 3 aromatic heterocycles. The maximum absolute atomic E-state index is 4.62. The molecule has 0 amide bonds. The third-order valence-electron chi connectivity index (χ3n) is 3.03. The Balaban J connectivity index is 1.68. The zero-order valence-electron chi connectivity index (χ0n) is 11.1. The van der Waals surface area contributed by atoms with Gasteiger partial charge >= 0.3 is 0 Å². The minimum absolute atomic E-state index is 0.859. The van der Waals surface area contributed by atoms with Crippen molar-refractivity contribution in [3.05, 3.63) is 41.8 Å². The van der Waals surface area contributed by atoms with E-state index in [0.717, 1.165) is 25.7 Å². The Morgan fingerprint density at radius 2 is 2.00 bits per heavy atom. The Morgan fingerprint density at radius 1 is 1.10 bits per heavy atom. The smallest absolute Gasteiger partial charge is 0.198 e. The Kier molecular flexibility index (Phi) is 3.25. The quantitative estimate of drug-likeness (QED) is 0.561. The van der Waals surface area contributed by atoms with Crippen molar-refractivity contribution in [2.45, 2.75) is 9.50 Å². The molecule has 0 bridgehead atoms. The molecule has 0 atom stereocenters. The second-order valence-electron chi connectivity index (χ2n) is 4.39. The van der Waals surface area contributed by atoms with Crippen LogP contribution in [0.4, 0.5) is 0 Å². The van der Waals surface area contributed by atoms with Gasteiger partial charge in [0.05, 0.1) is 15.1 Å². The molecule has 0 spiro atoms. The first-order valence-electron chi connectivity index (χ1n) is 6.28. The summed E-state index contributed by atoms with van der Waals surface area (Å²) < 4.78 is 4.20. The molecule has 7 heteroatoms. The topological polar surface area (TPSA) is 43.6 Å². The van der Waals surface area contributed by atoms with Crippen LogP contribution in [-0.4, -0.2) is 19.7 Å². The van der Waals surface area contributed by atoms with Gasteiger partial charge in [0.2, 0.25) is 0 Å². The van der Waals surface area contributed by atoms with Gasteiger partial charge in [-0.3, -0.25) is 0 Å². The van der Waals surface area contributed by atoms with Crippen LogP contribution in [0, 0.1) is 0 Å². The minimum atomic E-state index is 0.859. The fraction of sp³-hybridized carbons (Fsp3) is 0.0714. The van der Waals surface area contributed by atoms with Crippen molar-refractivity contribution in [1.82, 2.24) is 19.7 Å². The van der Waals surface area contributed by atoms with Crippen molar-refractivity contribution in [2.24, 2.45) is 7.05 Å². The van der Waals surface area contributed by atoms with Gasteiger partial charge in [-0.2, -0.15) is 0 Å². The van der Waals surface area contributed by atoms with E-state index in [1.165, 1.54) is 4.70 Å². The molecule has 104 valence electrons. The highest BCUT2D eigenvalue weighted by Gasteiger charge is 2.14. The summed E-state index contributed by atoms with van der Waals surface area (Å²) in [6.45, 7) is 0. The van der Waals surface area contributed by atoms with Gasteiger partial charge in [0.25, 0.3) is 0 Å². The van der Waals surface area contributed by atoms with E-state index in [2.05, 4.69) is 27.3 Å². The average Bonchev–Trinajstić information content (AvgIpc) is 3.19. The van der Waals surface area contributed by atoms with Gasteiger partial charge in [-0.1, -0.05) is 18.2 Å². The summed E-state index contributed by atoms with van der Waals surface area (Å²) in [6.07, 6.45) is 0. The van der Waals surface area contributed by atoms with E-state index in [4.69, 9.17) is 0 Å². The summed E-state index contributed by atoms with van der Waals surface area (Å²) in [5.74, 6) is 0.897. The number of hydrogen-bond acceptors (Lipinski definition) is 6. The van der Waals surface area contributed by atoms with E-state index in [1.807, 2.05) is 41.3 Å². The van der Waals surface area contributed by atoms with Gasteiger partial charge in [0, 0.05) is 7.05 Å². The molecule has 0 aliphatic heterocycles. The summed E-state index contributed by atoms with van der Waals surface area (Å²) in [4.78, 5) is 5.75. The average molecular weight is 330 g/mol. The molecule has 0 radical (unpaired) electrons. The van der Waals surface area contributed by atoms with E-state index >= 15 is 0 Å². The summed E-state index contributed by atoms with van der Waals surface area (Å²) in [6, 6.07) is 12.2. The highest BCUT2D eigenvalue weighted by atomic mass is 32.2. The van der Waals surface area contributed by atoms with Crippen molar-refractivity contribution < 1.29 is 0 Å². The Labute approximate surface area is 133 Å². The second-order valence-corrected chi connectivity index (χ2v) is 7.58. The maximum atomic E-state index is 4.62. The lowest BCUT2D eigenvalue weighted by Gasteiger charge is -1.99. The highest BCUT2D eigenvalue weighted by molar-refractivity contribution is 8.01. The molecule has 3 heterocycles. The Bertz CT molecular complexity index is 859. The molecule has 21 heavy (non-hydrogen) atoms.